The molecule has 1 aromatic carbocycles. The van der Waals surface area contributed by atoms with Crippen molar-refractivity contribution in [3.63, 3.8) is 0 Å². The second-order valence-corrected chi connectivity index (χ2v) is 5.75. The Morgan fingerprint density at radius 3 is 2.84 bits per heavy atom. The quantitative estimate of drug-likeness (QED) is 0.802. The van der Waals surface area contributed by atoms with Gasteiger partial charge in [0.05, 0.1) is 5.56 Å². The molecule has 1 saturated carbocycles. The Balaban J connectivity index is 2.02. The van der Waals surface area contributed by atoms with Gasteiger partial charge in [-0.2, -0.15) is 0 Å². The molecular formula is C16H23NO2. The highest BCUT2D eigenvalue weighted by molar-refractivity contribution is 5.97. The van der Waals surface area contributed by atoms with Crippen LogP contribution in [0.15, 0.2) is 18.2 Å². The van der Waals surface area contributed by atoms with E-state index in [2.05, 4.69) is 12.2 Å². The molecule has 1 aromatic rings. The number of amides is 1. The molecule has 2 unspecified atom stereocenters. The van der Waals surface area contributed by atoms with Crippen molar-refractivity contribution in [3.05, 3.63) is 29.3 Å². The number of nitrogens with one attached hydrogen (secondary N) is 1. The number of carbonyl (C=O) groups is 1. The second-order valence-electron chi connectivity index (χ2n) is 5.75. The molecule has 3 heteroatoms. The summed E-state index contributed by atoms with van der Waals surface area (Å²) in [4.78, 5) is 12.2. The highest BCUT2D eigenvalue weighted by Gasteiger charge is 2.20. The Bertz CT molecular complexity index is 456. The first-order valence-corrected chi connectivity index (χ1v) is 7.17. The first-order chi connectivity index (χ1) is 9.08. The Hall–Kier alpha value is -1.51. The Labute approximate surface area is 115 Å². The molecule has 0 heterocycles. The molecular weight excluding hydrogens is 238 g/mol. The summed E-state index contributed by atoms with van der Waals surface area (Å²) in [6.07, 6.45) is 5.68. The van der Waals surface area contributed by atoms with Crippen LogP contribution in [0.5, 0.6) is 5.75 Å². The van der Waals surface area contributed by atoms with Crippen LogP contribution in [0.2, 0.25) is 0 Å². The van der Waals surface area contributed by atoms with Crippen LogP contribution in [-0.4, -0.2) is 17.1 Å². The SMILES string of the molecule is Cc1cccc(C(=O)NC2CCCC(C)CC2)c1O. The predicted octanol–water partition coefficient (Wildman–Crippen LogP) is 3.40. The number of para-hydroxylation sites is 1. The lowest BCUT2D eigenvalue weighted by Crippen LogP contribution is -2.34. The summed E-state index contributed by atoms with van der Waals surface area (Å²) in [6.45, 7) is 4.08. The van der Waals surface area contributed by atoms with E-state index in [1.54, 1.807) is 25.1 Å². The van der Waals surface area contributed by atoms with E-state index < -0.39 is 0 Å². The molecule has 0 radical (unpaired) electrons. The first-order valence-electron chi connectivity index (χ1n) is 7.17. The van der Waals surface area contributed by atoms with E-state index in [9.17, 15) is 9.90 Å². The number of aryl methyl sites for hydroxylation is 1. The minimum atomic E-state index is -0.152. The van der Waals surface area contributed by atoms with E-state index in [1.807, 2.05) is 0 Å². The number of phenolic OH excluding ortho intramolecular Hbond substituents is 1. The number of hydrogen-bond acceptors (Lipinski definition) is 2. The fourth-order valence-electron chi connectivity index (χ4n) is 2.74. The summed E-state index contributed by atoms with van der Waals surface area (Å²) in [5, 5.41) is 13.0. The highest BCUT2D eigenvalue weighted by atomic mass is 16.3. The number of aromatic hydroxyl groups is 1. The van der Waals surface area contributed by atoms with Gasteiger partial charge in [0, 0.05) is 6.04 Å². The average molecular weight is 261 g/mol. The standard InChI is InChI=1S/C16H23NO2/c1-11-5-3-7-13(10-9-11)17-16(19)14-8-4-6-12(2)15(14)18/h4,6,8,11,13,18H,3,5,7,9-10H2,1-2H3,(H,17,19). The van der Waals surface area contributed by atoms with Crippen LogP contribution in [-0.2, 0) is 0 Å². The molecule has 1 fully saturated rings. The molecule has 2 atom stereocenters. The van der Waals surface area contributed by atoms with Gasteiger partial charge in [0.2, 0.25) is 0 Å². The zero-order valence-corrected chi connectivity index (χ0v) is 11.8. The van der Waals surface area contributed by atoms with Gasteiger partial charge in [0.15, 0.2) is 0 Å². The third-order valence-corrected chi connectivity index (χ3v) is 4.08. The predicted molar refractivity (Wildman–Crippen MR) is 76.3 cm³/mol. The highest BCUT2D eigenvalue weighted by Crippen LogP contribution is 2.24. The minimum absolute atomic E-state index is 0.0991. The number of carbonyl (C=O) groups excluding carboxylic acids is 1. The Morgan fingerprint density at radius 1 is 1.26 bits per heavy atom. The van der Waals surface area contributed by atoms with Gasteiger partial charge in [-0.1, -0.05) is 31.9 Å². The molecule has 0 bridgehead atoms. The minimum Gasteiger partial charge on any atom is -0.507 e. The number of hydrogen-bond donors (Lipinski definition) is 2. The van der Waals surface area contributed by atoms with E-state index >= 15 is 0 Å². The van der Waals surface area contributed by atoms with Gasteiger partial charge < -0.3 is 10.4 Å². The summed E-state index contributed by atoms with van der Waals surface area (Å²) in [5.74, 6) is 0.706. The van der Waals surface area contributed by atoms with Gasteiger partial charge in [-0.3, -0.25) is 4.79 Å². The van der Waals surface area contributed by atoms with Crippen molar-refractivity contribution in [2.45, 2.75) is 52.0 Å². The van der Waals surface area contributed by atoms with Crippen LogP contribution in [0.3, 0.4) is 0 Å². The van der Waals surface area contributed by atoms with Crippen molar-refractivity contribution in [2.24, 2.45) is 5.92 Å². The summed E-state index contributed by atoms with van der Waals surface area (Å²) >= 11 is 0. The van der Waals surface area contributed by atoms with Gasteiger partial charge in [-0.05, 0) is 43.7 Å². The van der Waals surface area contributed by atoms with Gasteiger partial charge in [-0.15, -0.1) is 0 Å². The second kappa shape index (κ2) is 6.09. The van der Waals surface area contributed by atoms with Gasteiger partial charge in [0.25, 0.3) is 5.91 Å². The van der Waals surface area contributed by atoms with Crippen LogP contribution in [0, 0.1) is 12.8 Å². The summed E-state index contributed by atoms with van der Waals surface area (Å²) in [5.41, 5.74) is 1.12. The van der Waals surface area contributed by atoms with Crippen molar-refractivity contribution in [3.8, 4) is 5.75 Å². The Morgan fingerprint density at radius 2 is 2.05 bits per heavy atom. The normalized spacial score (nSPS) is 23.7. The van der Waals surface area contributed by atoms with Crippen LogP contribution < -0.4 is 5.32 Å². The molecule has 0 aliphatic heterocycles. The van der Waals surface area contributed by atoms with Gasteiger partial charge >= 0.3 is 0 Å². The van der Waals surface area contributed by atoms with Crippen molar-refractivity contribution >= 4 is 5.91 Å². The fraction of sp³-hybridized carbons (Fsp3) is 0.562. The van der Waals surface area contributed by atoms with Crippen LogP contribution in [0.25, 0.3) is 0 Å². The molecule has 1 aliphatic rings. The number of benzene rings is 1. The van der Waals surface area contributed by atoms with E-state index in [0.29, 0.717) is 5.56 Å². The first kappa shape index (κ1) is 13.9. The fourth-order valence-corrected chi connectivity index (χ4v) is 2.74. The molecule has 2 N–H and O–H groups in total. The zero-order chi connectivity index (χ0) is 13.8. The number of rotatable bonds is 2. The van der Waals surface area contributed by atoms with E-state index in [1.165, 1.54) is 19.3 Å². The number of phenols is 1. The monoisotopic (exact) mass is 261 g/mol. The van der Waals surface area contributed by atoms with Crippen molar-refractivity contribution in [2.75, 3.05) is 0 Å². The molecule has 19 heavy (non-hydrogen) atoms. The molecule has 104 valence electrons. The lowest BCUT2D eigenvalue weighted by molar-refractivity contribution is 0.0930. The third kappa shape index (κ3) is 3.49. The topological polar surface area (TPSA) is 49.3 Å². The van der Waals surface area contributed by atoms with Crippen molar-refractivity contribution in [1.82, 2.24) is 5.32 Å². The Kier molecular flexibility index (Phi) is 4.46. The lowest BCUT2D eigenvalue weighted by Gasteiger charge is -2.17. The molecule has 1 aliphatic carbocycles. The third-order valence-electron chi connectivity index (χ3n) is 4.08. The molecule has 1 amide bonds. The lowest BCUT2D eigenvalue weighted by atomic mass is 10.0. The van der Waals surface area contributed by atoms with Crippen LogP contribution >= 0.6 is 0 Å². The maximum Gasteiger partial charge on any atom is 0.255 e. The van der Waals surface area contributed by atoms with E-state index in [0.717, 1.165) is 24.3 Å². The largest absolute Gasteiger partial charge is 0.507 e. The maximum absolute atomic E-state index is 12.2. The van der Waals surface area contributed by atoms with E-state index in [-0.39, 0.29) is 17.7 Å². The van der Waals surface area contributed by atoms with Crippen LogP contribution in [0.1, 0.15) is 54.9 Å². The van der Waals surface area contributed by atoms with Gasteiger partial charge in [0.1, 0.15) is 5.75 Å². The molecule has 3 nitrogen and oxygen atoms in total. The maximum atomic E-state index is 12.2. The van der Waals surface area contributed by atoms with E-state index in [4.69, 9.17) is 0 Å². The summed E-state index contributed by atoms with van der Waals surface area (Å²) < 4.78 is 0. The molecule has 0 saturated heterocycles. The average Bonchev–Trinajstić information content (AvgIpc) is 2.58. The van der Waals surface area contributed by atoms with Gasteiger partial charge in [-0.25, -0.2) is 0 Å². The van der Waals surface area contributed by atoms with Crippen molar-refractivity contribution < 1.29 is 9.90 Å². The summed E-state index contributed by atoms with van der Waals surface area (Å²) in [6, 6.07) is 5.53. The molecule has 2 rings (SSSR count). The molecule has 0 aromatic heterocycles. The zero-order valence-electron chi connectivity index (χ0n) is 11.8. The smallest absolute Gasteiger partial charge is 0.255 e. The molecule has 0 spiro atoms. The summed E-state index contributed by atoms with van der Waals surface area (Å²) in [7, 11) is 0. The van der Waals surface area contributed by atoms with Crippen LogP contribution in [0.4, 0.5) is 0 Å². The van der Waals surface area contributed by atoms with Crippen molar-refractivity contribution in [1.29, 1.82) is 0 Å².